The van der Waals surface area contributed by atoms with Gasteiger partial charge in [0.1, 0.15) is 17.1 Å². The van der Waals surface area contributed by atoms with Gasteiger partial charge >= 0.3 is 0 Å². The summed E-state index contributed by atoms with van der Waals surface area (Å²) in [6.45, 7) is -0.110. The molecule has 100 valence electrons. The van der Waals surface area contributed by atoms with Gasteiger partial charge in [-0.2, -0.15) is 0 Å². The lowest BCUT2D eigenvalue weighted by atomic mass is 10.2. The molecule has 1 saturated heterocycles. The molecule has 0 atom stereocenters. The Kier molecular flexibility index (Phi) is 3.41. The summed E-state index contributed by atoms with van der Waals surface area (Å²) in [5, 5.41) is 8.89. The Hall–Kier alpha value is -2.50. The molecule has 0 bridgehead atoms. The molecule has 19 heavy (non-hydrogen) atoms. The fourth-order valence-electron chi connectivity index (χ4n) is 1.85. The number of hydrogen-bond acceptors (Lipinski definition) is 5. The van der Waals surface area contributed by atoms with Gasteiger partial charge in [0.2, 0.25) is 0 Å². The molecule has 6 nitrogen and oxygen atoms in total. The van der Waals surface area contributed by atoms with Crippen molar-refractivity contribution in [3.05, 3.63) is 30.0 Å². The zero-order valence-electron chi connectivity index (χ0n) is 10.5. The Bertz CT molecular complexity index is 542. The Morgan fingerprint density at radius 3 is 2.16 bits per heavy atom. The summed E-state index contributed by atoms with van der Waals surface area (Å²) < 4.78 is 10.2. The second-order valence-electron chi connectivity index (χ2n) is 3.93. The van der Waals surface area contributed by atoms with Crippen LogP contribution in [0, 0.1) is 0 Å². The highest BCUT2D eigenvalue weighted by molar-refractivity contribution is 6.31. The standard InChI is InChI=1S/C13H13NO5/c1-18-9-3-8(4-10(5-9)19-2)14-6-12(16)11(7-15)13(14)17/h3-5,7,15H,6H2,1-2H3/b11-7-. The number of carbonyl (C=O) groups excluding carboxylic acids is 2. The van der Waals surface area contributed by atoms with E-state index < -0.39 is 11.7 Å². The van der Waals surface area contributed by atoms with Crippen molar-refractivity contribution in [3.63, 3.8) is 0 Å². The maximum absolute atomic E-state index is 11.9. The zero-order chi connectivity index (χ0) is 14.0. The summed E-state index contributed by atoms with van der Waals surface area (Å²) in [5.74, 6) is 0.0594. The maximum Gasteiger partial charge on any atom is 0.265 e. The topological polar surface area (TPSA) is 76.1 Å². The number of Topliss-reactive ketones (excluding diaryl/α,β-unsaturated/α-hetero) is 1. The lowest BCUT2D eigenvalue weighted by molar-refractivity contribution is -0.116. The van der Waals surface area contributed by atoms with E-state index in [1.807, 2.05) is 0 Å². The first-order chi connectivity index (χ1) is 9.10. The summed E-state index contributed by atoms with van der Waals surface area (Å²) in [6, 6.07) is 4.90. The third kappa shape index (κ3) is 2.24. The Balaban J connectivity index is 2.43. The predicted molar refractivity (Wildman–Crippen MR) is 67.6 cm³/mol. The van der Waals surface area contributed by atoms with Gasteiger partial charge in [-0.25, -0.2) is 0 Å². The molecule has 1 amide bonds. The largest absolute Gasteiger partial charge is 0.515 e. The Morgan fingerprint density at radius 1 is 1.16 bits per heavy atom. The van der Waals surface area contributed by atoms with Crippen LogP contribution in [0.25, 0.3) is 0 Å². The molecule has 1 aliphatic heterocycles. The van der Waals surface area contributed by atoms with E-state index in [1.54, 1.807) is 18.2 Å². The highest BCUT2D eigenvalue weighted by Crippen LogP contribution is 2.31. The van der Waals surface area contributed by atoms with Crippen molar-refractivity contribution in [1.29, 1.82) is 0 Å². The van der Waals surface area contributed by atoms with Crippen molar-refractivity contribution in [1.82, 2.24) is 0 Å². The van der Waals surface area contributed by atoms with Gasteiger partial charge in [0.05, 0.1) is 32.7 Å². The van der Waals surface area contributed by atoms with Crippen LogP contribution in [-0.2, 0) is 9.59 Å². The van der Waals surface area contributed by atoms with Crippen molar-refractivity contribution in [2.45, 2.75) is 0 Å². The van der Waals surface area contributed by atoms with Gasteiger partial charge in [0.25, 0.3) is 5.91 Å². The van der Waals surface area contributed by atoms with E-state index >= 15 is 0 Å². The molecule has 6 heteroatoms. The number of aliphatic hydroxyl groups is 1. The fourth-order valence-corrected chi connectivity index (χ4v) is 1.85. The molecular formula is C13H13NO5. The average Bonchev–Trinajstić information content (AvgIpc) is 2.72. The molecule has 1 fully saturated rings. The van der Waals surface area contributed by atoms with Gasteiger partial charge in [0.15, 0.2) is 5.78 Å². The van der Waals surface area contributed by atoms with Crippen LogP contribution in [0.15, 0.2) is 30.0 Å². The van der Waals surface area contributed by atoms with Crippen LogP contribution in [0.3, 0.4) is 0 Å². The van der Waals surface area contributed by atoms with E-state index in [1.165, 1.54) is 19.1 Å². The van der Waals surface area contributed by atoms with Crippen LogP contribution < -0.4 is 14.4 Å². The molecule has 1 aliphatic rings. The lowest BCUT2D eigenvalue weighted by Gasteiger charge is -2.16. The molecular weight excluding hydrogens is 250 g/mol. The minimum atomic E-state index is -0.539. The van der Waals surface area contributed by atoms with E-state index in [0.717, 1.165) is 0 Å². The van der Waals surface area contributed by atoms with E-state index in [9.17, 15) is 9.59 Å². The van der Waals surface area contributed by atoms with Crippen molar-refractivity contribution in [2.75, 3.05) is 25.7 Å². The molecule has 2 rings (SSSR count). The molecule has 0 aliphatic carbocycles. The molecule has 1 N–H and O–H groups in total. The number of anilines is 1. The molecule has 0 spiro atoms. The second kappa shape index (κ2) is 5.01. The number of methoxy groups -OCH3 is 2. The van der Waals surface area contributed by atoms with Gasteiger partial charge in [-0.05, 0) is 0 Å². The minimum absolute atomic E-state index is 0.110. The number of aliphatic hydroxyl groups excluding tert-OH is 1. The number of carbonyl (C=O) groups is 2. The molecule has 0 unspecified atom stereocenters. The molecule has 1 heterocycles. The molecule has 0 saturated carbocycles. The van der Waals surface area contributed by atoms with Crippen molar-refractivity contribution >= 4 is 17.4 Å². The third-order valence-electron chi connectivity index (χ3n) is 2.85. The van der Waals surface area contributed by atoms with Crippen molar-refractivity contribution in [2.24, 2.45) is 0 Å². The van der Waals surface area contributed by atoms with Crippen LogP contribution >= 0.6 is 0 Å². The maximum atomic E-state index is 11.9. The second-order valence-corrected chi connectivity index (χ2v) is 3.93. The lowest BCUT2D eigenvalue weighted by Crippen LogP contribution is -2.24. The molecule has 0 aromatic heterocycles. The van der Waals surface area contributed by atoms with Gasteiger partial charge < -0.3 is 19.5 Å². The highest BCUT2D eigenvalue weighted by atomic mass is 16.5. The highest BCUT2D eigenvalue weighted by Gasteiger charge is 2.35. The van der Waals surface area contributed by atoms with Crippen LogP contribution in [0.4, 0.5) is 5.69 Å². The van der Waals surface area contributed by atoms with Crippen LogP contribution in [0.1, 0.15) is 0 Å². The van der Waals surface area contributed by atoms with Gasteiger partial charge in [0, 0.05) is 18.2 Å². The van der Waals surface area contributed by atoms with Crippen LogP contribution in [0.5, 0.6) is 11.5 Å². The molecule has 1 aromatic rings. The summed E-state index contributed by atoms with van der Waals surface area (Å²) >= 11 is 0. The summed E-state index contributed by atoms with van der Waals surface area (Å²) in [6.07, 6.45) is 0.544. The molecule has 0 radical (unpaired) electrons. The summed E-state index contributed by atoms with van der Waals surface area (Å²) in [5.41, 5.74) is 0.258. The quantitative estimate of drug-likeness (QED) is 0.501. The number of nitrogens with zero attached hydrogens (tertiary/aromatic N) is 1. The zero-order valence-corrected chi connectivity index (χ0v) is 10.5. The first-order valence-electron chi connectivity index (χ1n) is 5.53. The monoisotopic (exact) mass is 263 g/mol. The van der Waals surface area contributed by atoms with Crippen LogP contribution in [0.2, 0.25) is 0 Å². The summed E-state index contributed by atoms with van der Waals surface area (Å²) in [4.78, 5) is 24.8. The molecule has 1 aromatic carbocycles. The number of rotatable bonds is 3. The minimum Gasteiger partial charge on any atom is -0.515 e. The number of amides is 1. The van der Waals surface area contributed by atoms with E-state index in [0.29, 0.717) is 23.4 Å². The number of ketones is 1. The van der Waals surface area contributed by atoms with Gasteiger partial charge in [-0.3, -0.25) is 9.59 Å². The van der Waals surface area contributed by atoms with Crippen molar-refractivity contribution < 1.29 is 24.2 Å². The number of ether oxygens (including phenoxy) is 2. The number of benzene rings is 1. The Morgan fingerprint density at radius 2 is 1.74 bits per heavy atom. The first-order valence-corrected chi connectivity index (χ1v) is 5.53. The normalized spacial score (nSPS) is 17.2. The third-order valence-corrected chi connectivity index (χ3v) is 2.85. The fraction of sp³-hybridized carbons (Fsp3) is 0.231. The van der Waals surface area contributed by atoms with Gasteiger partial charge in [-0.15, -0.1) is 0 Å². The predicted octanol–water partition coefficient (Wildman–Crippen LogP) is 1.06. The Labute approximate surface area is 109 Å². The number of hydrogen-bond donors (Lipinski definition) is 1. The van der Waals surface area contributed by atoms with Gasteiger partial charge in [-0.1, -0.05) is 0 Å². The smallest absolute Gasteiger partial charge is 0.265 e. The average molecular weight is 263 g/mol. The van der Waals surface area contributed by atoms with Crippen LogP contribution in [-0.4, -0.2) is 37.6 Å². The van der Waals surface area contributed by atoms with Crippen molar-refractivity contribution in [3.8, 4) is 11.5 Å². The SMILES string of the molecule is COc1cc(OC)cc(N2CC(=O)/C(=C/O)C2=O)c1. The first kappa shape index (κ1) is 12.9. The van der Waals surface area contributed by atoms with E-state index in [-0.39, 0.29) is 12.1 Å². The van der Waals surface area contributed by atoms with E-state index in [4.69, 9.17) is 14.6 Å². The van der Waals surface area contributed by atoms with E-state index in [2.05, 4.69) is 0 Å². The summed E-state index contributed by atoms with van der Waals surface area (Å²) in [7, 11) is 2.99.